The van der Waals surface area contributed by atoms with Crippen LogP contribution >= 0.6 is 0 Å². The van der Waals surface area contributed by atoms with Crippen LogP contribution in [0.1, 0.15) is 47.7 Å². The summed E-state index contributed by atoms with van der Waals surface area (Å²) in [6.07, 6.45) is 8.87. The first kappa shape index (κ1) is 21.8. The quantitative estimate of drug-likeness (QED) is 0.299. The lowest BCUT2D eigenvalue weighted by Gasteiger charge is -2.13. The van der Waals surface area contributed by atoms with Gasteiger partial charge in [-0.05, 0) is 42.7 Å². The van der Waals surface area contributed by atoms with E-state index in [0.717, 1.165) is 42.7 Å². The highest BCUT2D eigenvalue weighted by Gasteiger charge is 2.33. The number of aromatic nitrogens is 5. The SMILES string of the molecule is Nc1ncnn2c(C3CCCC3)c(C(=O)Nc3cn[nH]c3)c(-c3ccc(Oc4ccccc4)cc3)c12. The molecule has 180 valence electrons. The number of hydrogen-bond donors (Lipinski definition) is 3. The smallest absolute Gasteiger partial charge is 0.258 e. The summed E-state index contributed by atoms with van der Waals surface area (Å²) in [5.41, 5.74) is 10.6. The van der Waals surface area contributed by atoms with E-state index in [4.69, 9.17) is 10.5 Å². The van der Waals surface area contributed by atoms with Gasteiger partial charge >= 0.3 is 0 Å². The summed E-state index contributed by atoms with van der Waals surface area (Å²) in [6.45, 7) is 0. The van der Waals surface area contributed by atoms with E-state index in [1.165, 1.54) is 6.33 Å². The van der Waals surface area contributed by atoms with E-state index in [1.54, 1.807) is 12.4 Å². The fourth-order valence-electron chi connectivity index (χ4n) is 5.05. The number of carbonyl (C=O) groups is 1. The maximum absolute atomic E-state index is 13.8. The molecular formula is C27H25N7O2. The normalized spacial score (nSPS) is 13.8. The molecule has 1 aliphatic rings. The summed E-state index contributed by atoms with van der Waals surface area (Å²) in [7, 11) is 0. The maximum Gasteiger partial charge on any atom is 0.258 e. The van der Waals surface area contributed by atoms with Crippen LogP contribution in [0.4, 0.5) is 11.5 Å². The van der Waals surface area contributed by atoms with Crippen LogP contribution in [0.25, 0.3) is 16.6 Å². The molecule has 36 heavy (non-hydrogen) atoms. The van der Waals surface area contributed by atoms with Crippen molar-refractivity contribution in [1.82, 2.24) is 24.8 Å². The molecule has 9 heteroatoms. The molecule has 2 aromatic carbocycles. The maximum atomic E-state index is 13.8. The van der Waals surface area contributed by atoms with Crippen LogP contribution in [0.2, 0.25) is 0 Å². The molecule has 1 aliphatic carbocycles. The van der Waals surface area contributed by atoms with Crippen LogP contribution in [0.3, 0.4) is 0 Å². The second-order valence-electron chi connectivity index (χ2n) is 8.90. The number of fused-ring (bicyclic) bond motifs is 1. The third kappa shape index (κ3) is 3.94. The topological polar surface area (TPSA) is 123 Å². The number of rotatable bonds is 6. The average molecular weight is 480 g/mol. The molecule has 0 atom stereocenters. The molecule has 3 aromatic heterocycles. The van der Waals surface area contributed by atoms with Gasteiger partial charge in [0.05, 0.1) is 23.1 Å². The van der Waals surface area contributed by atoms with Gasteiger partial charge in [0.15, 0.2) is 5.82 Å². The van der Waals surface area contributed by atoms with Gasteiger partial charge in [0.2, 0.25) is 0 Å². The number of anilines is 2. The third-order valence-electron chi connectivity index (χ3n) is 6.64. The Balaban J connectivity index is 1.50. The minimum Gasteiger partial charge on any atom is -0.457 e. The van der Waals surface area contributed by atoms with Gasteiger partial charge in [-0.3, -0.25) is 9.89 Å². The lowest BCUT2D eigenvalue weighted by molar-refractivity contribution is 0.102. The summed E-state index contributed by atoms with van der Waals surface area (Å²) in [6, 6.07) is 17.3. The number of amides is 1. The Labute approximate surface area is 207 Å². The third-order valence-corrected chi connectivity index (χ3v) is 6.64. The summed E-state index contributed by atoms with van der Waals surface area (Å²) >= 11 is 0. The van der Waals surface area contributed by atoms with Gasteiger partial charge in [0.25, 0.3) is 5.91 Å². The first-order valence-electron chi connectivity index (χ1n) is 12.0. The van der Waals surface area contributed by atoms with E-state index >= 15 is 0 Å². The van der Waals surface area contributed by atoms with E-state index < -0.39 is 0 Å². The van der Waals surface area contributed by atoms with E-state index in [0.29, 0.717) is 33.9 Å². The number of para-hydroxylation sites is 1. The van der Waals surface area contributed by atoms with Crippen molar-refractivity contribution in [3.63, 3.8) is 0 Å². The number of aromatic amines is 1. The van der Waals surface area contributed by atoms with Gasteiger partial charge in [-0.2, -0.15) is 10.2 Å². The first-order valence-corrected chi connectivity index (χ1v) is 12.0. The van der Waals surface area contributed by atoms with Gasteiger partial charge in [-0.15, -0.1) is 0 Å². The van der Waals surface area contributed by atoms with Gasteiger partial charge in [0, 0.05) is 17.7 Å². The predicted molar refractivity (Wildman–Crippen MR) is 137 cm³/mol. The predicted octanol–water partition coefficient (Wildman–Crippen LogP) is 5.40. The Morgan fingerprint density at radius 2 is 1.81 bits per heavy atom. The lowest BCUT2D eigenvalue weighted by atomic mass is 9.94. The number of H-pyrrole nitrogens is 1. The summed E-state index contributed by atoms with van der Waals surface area (Å²) in [5, 5.41) is 14.2. The van der Waals surface area contributed by atoms with Crippen LogP contribution in [-0.2, 0) is 0 Å². The van der Waals surface area contributed by atoms with Gasteiger partial charge in [0.1, 0.15) is 23.3 Å². The Morgan fingerprint density at radius 3 is 2.53 bits per heavy atom. The van der Waals surface area contributed by atoms with Gasteiger partial charge in [-0.25, -0.2) is 9.50 Å². The molecule has 1 amide bonds. The highest BCUT2D eigenvalue weighted by molar-refractivity contribution is 6.14. The number of nitrogens with two attached hydrogens (primary N) is 1. The first-order chi connectivity index (χ1) is 17.7. The highest BCUT2D eigenvalue weighted by atomic mass is 16.5. The van der Waals surface area contributed by atoms with Gasteiger partial charge < -0.3 is 15.8 Å². The molecule has 1 fully saturated rings. The van der Waals surface area contributed by atoms with Crippen LogP contribution in [0.5, 0.6) is 11.5 Å². The van der Waals surface area contributed by atoms with Crippen LogP contribution < -0.4 is 15.8 Å². The van der Waals surface area contributed by atoms with Crippen molar-refractivity contribution in [3.05, 3.63) is 84.6 Å². The number of carbonyl (C=O) groups excluding carboxylic acids is 1. The molecule has 0 saturated heterocycles. The standard InChI is InChI=1S/C27H25N7O2/c28-26-25-22(17-10-12-21(13-11-17)36-20-8-2-1-3-9-20)23(27(35)33-19-14-30-31-15-19)24(18-6-4-5-7-18)34(25)32-16-29-26/h1-3,8-16,18H,4-7H2,(H,30,31)(H,33,35)(H2,28,29,32). The van der Waals surface area contributed by atoms with E-state index in [9.17, 15) is 4.79 Å². The monoisotopic (exact) mass is 479 g/mol. The van der Waals surface area contributed by atoms with Crippen molar-refractivity contribution in [2.24, 2.45) is 0 Å². The van der Waals surface area contributed by atoms with Crippen molar-refractivity contribution in [2.75, 3.05) is 11.1 Å². The molecular weight excluding hydrogens is 454 g/mol. The molecule has 6 rings (SSSR count). The summed E-state index contributed by atoms with van der Waals surface area (Å²) in [4.78, 5) is 18.1. The van der Waals surface area contributed by atoms with Crippen LogP contribution in [-0.4, -0.2) is 30.7 Å². The second-order valence-corrected chi connectivity index (χ2v) is 8.90. The van der Waals surface area contributed by atoms with Gasteiger partial charge in [-0.1, -0.05) is 43.2 Å². The van der Waals surface area contributed by atoms with E-state index in [1.807, 2.05) is 59.1 Å². The van der Waals surface area contributed by atoms with E-state index in [2.05, 4.69) is 25.6 Å². The number of benzene rings is 2. The molecule has 0 aliphatic heterocycles. The highest BCUT2D eigenvalue weighted by Crippen LogP contribution is 2.43. The number of hydrogen-bond acceptors (Lipinski definition) is 6. The molecule has 0 radical (unpaired) electrons. The molecule has 1 saturated carbocycles. The number of ether oxygens (including phenoxy) is 1. The van der Waals surface area contributed by atoms with Crippen molar-refractivity contribution in [1.29, 1.82) is 0 Å². The number of nitrogens with zero attached hydrogens (tertiary/aromatic N) is 4. The minimum absolute atomic E-state index is 0.200. The Kier molecular flexibility index (Phi) is 5.57. The number of nitrogens with one attached hydrogen (secondary N) is 2. The summed E-state index contributed by atoms with van der Waals surface area (Å²) < 4.78 is 7.78. The van der Waals surface area contributed by atoms with Crippen molar-refractivity contribution < 1.29 is 9.53 Å². The average Bonchev–Trinajstić information content (AvgIpc) is 3.66. The van der Waals surface area contributed by atoms with E-state index in [-0.39, 0.29) is 11.8 Å². The molecule has 0 unspecified atom stereocenters. The van der Waals surface area contributed by atoms with Crippen LogP contribution in [0.15, 0.2) is 73.3 Å². The zero-order valence-corrected chi connectivity index (χ0v) is 19.5. The Morgan fingerprint density at radius 1 is 1.06 bits per heavy atom. The molecule has 9 nitrogen and oxygen atoms in total. The molecule has 0 bridgehead atoms. The van der Waals surface area contributed by atoms with Crippen molar-refractivity contribution >= 4 is 22.9 Å². The lowest BCUT2D eigenvalue weighted by Crippen LogP contribution is -2.16. The number of nitrogen functional groups attached to an aromatic ring is 1. The zero-order valence-electron chi connectivity index (χ0n) is 19.5. The summed E-state index contributed by atoms with van der Waals surface area (Å²) in [5.74, 6) is 1.74. The Hall–Kier alpha value is -4.66. The minimum atomic E-state index is -0.234. The Bertz CT molecular complexity index is 1500. The molecule has 3 heterocycles. The van der Waals surface area contributed by atoms with Crippen molar-refractivity contribution in [3.8, 4) is 22.6 Å². The fraction of sp³-hybridized carbons (Fsp3) is 0.185. The molecule has 0 spiro atoms. The van der Waals surface area contributed by atoms with Crippen molar-refractivity contribution in [2.45, 2.75) is 31.6 Å². The largest absolute Gasteiger partial charge is 0.457 e. The fourth-order valence-corrected chi connectivity index (χ4v) is 5.05. The molecule has 5 aromatic rings. The second kappa shape index (κ2) is 9.18. The zero-order chi connectivity index (χ0) is 24.5. The van der Waals surface area contributed by atoms with Crippen LogP contribution in [0, 0.1) is 0 Å². The molecule has 4 N–H and O–H groups in total.